The number of fused-ring (bicyclic) bond motifs is 3. The highest BCUT2D eigenvalue weighted by atomic mass is 19.4. The molecule has 6 heteroatoms. The molecule has 0 fully saturated rings. The van der Waals surface area contributed by atoms with Crippen molar-refractivity contribution in [3.63, 3.8) is 0 Å². The number of benzene rings is 4. The van der Waals surface area contributed by atoms with Crippen molar-refractivity contribution in [3.8, 4) is 11.1 Å². The summed E-state index contributed by atoms with van der Waals surface area (Å²) in [5.74, 6) is 0.0810. The van der Waals surface area contributed by atoms with E-state index in [-0.39, 0.29) is 27.9 Å². The average molecular weight is 741 g/mol. The first-order chi connectivity index (χ1) is 24.9. The van der Waals surface area contributed by atoms with E-state index in [0.717, 1.165) is 75.7 Å². The Balaban J connectivity index is 1.89. The van der Waals surface area contributed by atoms with Crippen LogP contribution in [0.5, 0.6) is 0 Å². The van der Waals surface area contributed by atoms with Crippen molar-refractivity contribution in [2.75, 3.05) is 0 Å². The van der Waals surface area contributed by atoms with Gasteiger partial charge in [0.1, 0.15) is 0 Å². The summed E-state index contributed by atoms with van der Waals surface area (Å²) in [6.07, 6.45) is -0.585. The molecule has 0 nitrogen and oxygen atoms in total. The predicted molar refractivity (Wildman–Crippen MR) is 211 cm³/mol. The van der Waals surface area contributed by atoms with Gasteiger partial charge in [-0.2, -0.15) is 26.3 Å². The van der Waals surface area contributed by atoms with E-state index in [2.05, 4.69) is 106 Å². The first-order valence-electron chi connectivity index (χ1n) is 18.8. The zero-order chi connectivity index (χ0) is 39.8. The molecule has 0 spiro atoms. The van der Waals surface area contributed by atoms with Crippen molar-refractivity contribution in [2.24, 2.45) is 11.3 Å². The van der Waals surface area contributed by atoms with Crippen LogP contribution in [0.3, 0.4) is 0 Å². The Morgan fingerprint density at radius 1 is 0.593 bits per heavy atom. The smallest absolute Gasteiger partial charge is 0.166 e. The Bertz CT molecular complexity index is 2250. The molecule has 4 aromatic carbocycles. The van der Waals surface area contributed by atoms with Gasteiger partial charge in [-0.05, 0) is 131 Å². The fourth-order valence-electron chi connectivity index (χ4n) is 7.98. The molecule has 0 N–H and O–H groups in total. The molecular weight excluding hydrogens is 691 g/mol. The maximum atomic E-state index is 14.3. The maximum absolute atomic E-state index is 14.3. The first kappa shape index (κ1) is 39.4. The Morgan fingerprint density at radius 3 is 1.65 bits per heavy atom. The average Bonchev–Trinajstić information content (AvgIpc) is 3.64. The predicted octanol–water partition coefficient (Wildman–Crippen LogP) is 13.2. The standard InChI is InChI=1S/C48H50F6/c1-11-14-28-21-35(45(5,6)7)26-37(28)42-39-25-31-24-32(44(2,3)4)19-20-36(31)38(39)27-40(43(42)46(8,9)10)41(29-15-12-17-33(22-29)47(49,50)51)30-16-13-18-34(23-30)48(52,53)54/h12-13,15-28H,11,14H2,1-10H3. The SMILES string of the molecule is CCCC1C=C(C(C)(C)C)C=C1c1c(C(C)(C)C)c(=C(c2cccc(C(F)(F)F)c2)c2cccc(C(F)(F)F)c2)cc2c1=Cc1cc(C(C)(C)C)ccc1-2. The van der Waals surface area contributed by atoms with Gasteiger partial charge in [-0.1, -0.05) is 130 Å². The van der Waals surface area contributed by atoms with Gasteiger partial charge in [0, 0.05) is 5.92 Å². The molecular formula is C48H50F6. The highest BCUT2D eigenvalue weighted by molar-refractivity contribution is 5.92. The van der Waals surface area contributed by atoms with Gasteiger partial charge in [-0.3, -0.25) is 0 Å². The summed E-state index contributed by atoms with van der Waals surface area (Å²) in [5.41, 5.74) is 6.53. The quantitative estimate of drug-likeness (QED) is 0.157. The Kier molecular flexibility index (Phi) is 9.81. The summed E-state index contributed by atoms with van der Waals surface area (Å²) < 4.78 is 86.0. The minimum atomic E-state index is -4.65. The van der Waals surface area contributed by atoms with Crippen LogP contribution in [0.2, 0.25) is 0 Å². The number of alkyl halides is 6. The van der Waals surface area contributed by atoms with E-state index >= 15 is 0 Å². The van der Waals surface area contributed by atoms with Crippen LogP contribution in [-0.4, -0.2) is 0 Å². The molecule has 6 rings (SSSR count). The number of rotatable bonds is 5. The van der Waals surface area contributed by atoms with Crippen LogP contribution in [0, 0.1) is 11.3 Å². The van der Waals surface area contributed by atoms with E-state index in [0.29, 0.717) is 10.8 Å². The number of hydrogen-bond donors (Lipinski definition) is 0. The first-order valence-corrected chi connectivity index (χ1v) is 18.8. The van der Waals surface area contributed by atoms with Crippen molar-refractivity contribution in [2.45, 2.75) is 105 Å². The van der Waals surface area contributed by atoms with Gasteiger partial charge >= 0.3 is 12.4 Å². The topological polar surface area (TPSA) is 0 Å². The molecule has 4 aromatic rings. The second-order valence-electron chi connectivity index (χ2n) is 18.0. The maximum Gasteiger partial charge on any atom is 0.416 e. The number of halogens is 6. The van der Waals surface area contributed by atoms with Gasteiger partial charge in [0.2, 0.25) is 0 Å². The van der Waals surface area contributed by atoms with Gasteiger partial charge in [0.05, 0.1) is 11.1 Å². The third kappa shape index (κ3) is 7.50. The molecule has 2 aliphatic carbocycles. The molecule has 2 aliphatic rings. The highest BCUT2D eigenvalue weighted by Crippen LogP contribution is 2.45. The minimum Gasteiger partial charge on any atom is -0.166 e. The Hall–Kier alpha value is -4.32. The second-order valence-corrected chi connectivity index (χ2v) is 18.0. The van der Waals surface area contributed by atoms with Gasteiger partial charge in [-0.25, -0.2) is 0 Å². The second kappa shape index (κ2) is 13.5. The molecule has 0 saturated heterocycles. The summed E-state index contributed by atoms with van der Waals surface area (Å²) >= 11 is 0. The molecule has 0 aliphatic heterocycles. The van der Waals surface area contributed by atoms with Gasteiger partial charge in [0.15, 0.2) is 0 Å². The lowest BCUT2D eigenvalue weighted by Gasteiger charge is -2.29. The third-order valence-electron chi connectivity index (χ3n) is 10.7. The van der Waals surface area contributed by atoms with E-state index in [1.165, 1.54) is 23.3 Å². The highest BCUT2D eigenvalue weighted by Gasteiger charge is 2.36. The fourth-order valence-corrected chi connectivity index (χ4v) is 7.98. The molecule has 0 amide bonds. The minimum absolute atomic E-state index is 0.0810. The summed E-state index contributed by atoms with van der Waals surface area (Å²) in [6, 6.07) is 18.4. The van der Waals surface area contributed by atoms with Crippen LogP contribution in [-0.2, 0) is 23.2 Å². The van der Waals surface area contributed by atoms with Gasteiger partial charge in [0.25, 0.3) is 0 Å². The van der Waals surface area contributed by atoms with Crippen LogP contribution in [0.4, 0.5) is 26.3 Å². The van der Waals surface area contributed by atoms with Crippen molar-refractivity contribution < 1.29 is 26.3 Å². The van der Waals surface area contributed by atoms with E-state index in [1.807, 2.05) is 6.07 Å². The molecule has 1 unspecified atom stereocenters. The summed E-state index contributed by atoms with van der Waals surface area (Å²) in [7, 11) is 0. The van der Waals surface area contributed by atoms with Crippen molar-refractivity contribution in [1.82, 2.24) is 0 Å². The van der Waals surface area contributed by atoms with E-state index in [1.54, 1.807) is 12.1 Å². The molecule has 0 saturated carbocycles. The Morgan fingerprint density at radius 2 is 1.17 bits per heavy atom. The van der Waals surface area contributed by atoms with Gasteiger partial charge < -0.3 is 0 Å². The Labute approximate surface area is 316 Å². The lowest BCUT2D eigenvalue weighted by molar-refractivity contribution is -0.138. The molecule has 0 aromatic heterocycles. The zero-order valence-electron chi connectivity index (χ0n) is 32.9. The van der Waals surface area contributed by atoms with Crippen molar-refractivity contribution in [3.05, 3.63) is 145 Å². The molecule has 54 heavy (non-hydrogen) atoms. The normalized spacial score (nSPS) is 16.1. The van der Waals surface area contributed by atoms with Crippen LogP contribution in [0.15, 0.2) is 90.5 Å². The fraction of sp³-hybridized carbons (Fsp3) is 0.375. The van der Waals surface area contributed by atoms with Gasteiger partial charge in [-0.15, -0.1) is 0 Å². The monoisotopic (exact) mass is 740 g/mol. The largest absolute Gasteiger partial charge is 0.416 e. The zero-order valence-corrected chi connectivity index (χ0v) is 32.9. The summed E-state index contributed by atoms with van der Waals surface area (Å²) in [4.78, 5) is 0. The molecule has 1 atom stereocenters. The van der Waals surface area contributed by atoms with E-state index < -0.39 is 28.9 Å². The van der Waals surface area contributed by atoms with Crippen LogP contribution >= 0.6 is 0 Å². The molecule has 0 heterocycles. The van der Waals surface area contributed by atoms with Crippen LogP contribution in [0.25, 0.3) is 28.3 Å². The number of allylic oxidation sites excluding steroid dienone is 4. The molecule has 0 bridgehead atoms. The van der Waals surface area contributed by atoms with E-state index in [9.17, 15) is 26.3 Å². The summed E-state index contributed by atoms with van der Waals surface area (Å²) in [6.45, 7) is 21.5. The number of hydrogen-bond acceptors (Lipinski definition) is 0. The summed E-state index contributed by atoms with van der Waals surface area (Å²) in [5, 5.41) is 1.66. The lowest BCUT2D eigenvalue weighted by atomic mass is 9.74. The van der Waals surface area contributed by atoms with Crippen molar-refractivity contribution >= 4 is 17.2 Å². The van der Waals surface area contributed by atoms with Crippen LogP contribution < -0.4 is 10.4 Å². The molecule has 284 valence electrons. The molecule has 0 radical (unpaired) electrons. The van der Waals surface area contributed by atoms with E-state index in [4.69, 9.17) is 0 Å². The van der Waals surface area contributed by atoms with Crippen molar-refractivity contribution in [1.29, 1.82) is 0 Å². The lowest BCUT2D eigenvalue weighted by Crippen LogP contribution is -2.33. The van der Waals surface area contributed by atoms with Crippen LogP contribution in [0.1, 0.15) is 127 Å². The third-order valence-corrected chi connectivity index (χ3v) is 10.7.